The van der Waals surface area contributed by atoms with Crippen LogP contribution in [0.1, 0.15) is 46.0 Å². The molecule has 0 amide bonds. The Morgan fingerprint density at radius 1 is 1.23 bits per heavy atom. The lowest BCUT2D eigenvalue weighted by Gasteiger charge is -2.19. The summed E-state index contributed by atoms with van der Waals surface area (Å²) in [5.41, 5.74) is 2.66. The van der Waals surface area contributed by atoms with Crippen LogP contribution in [0, 0.1) is 6.92 Å². The molecule has 0 fully saturated rings. The van der Waals surface area contributed by atoms with Gasteiger partial charge in [0.05, 0.1) is 16.5 Å². The molecule has 1 N–H and O–H groups in total. The maximum atomic E-state index is 12.7. The number of carbonyl (C=O) groups excluding carboxylic acids is 2. The smallest absolute Gasteiger partial charge is 0.189 e. The standard InChI is InChI=1S/C19H20ClNO4S/c1-4-12-18(11(3)22)10(2)21-19(12)14(23)9-26-17-8-16-15(7-13(17)20)24-5-6-25-16/h7-8,21H,4-6,9H2,1-3H3. The van der Waals surface area contributed by atoms with Gasteiger partial charge in [0.15, 0.2) is 23.1 Å². The number of H-pyrrole nitrogens is 1. The normalized spacial score (nSPS) is 12.9. The lowest BCUT2D eigenvalue weighted by Crippen LogP contribution is -2.15. The van der Waals surface area contributed by atoms with Crippen LogP contribution in [0.4, 0.5) is 0 Å². The number of carbonyl (C=O) groups is 2. The number of aromatic amines is 1. The van der Waals surface area contributed by atoms with Crippen molar-refractivity contribution < 1.29 is 19.1 Å². The van der Waals surface area contributed by atoms with Gasteiger partial charge in [-0.25, -0.2) is 0 Å². The van der Waals surface area contributed by atoms with Crippen LogP contribution in [0.5, 0.6) is 11.5 Å². The van der Waals surface area contributed by atoms with E-state index in [1.54, 1.807) is 12.1 Å². The number of ketones is 2. The van der Waals surface area contributed by atoms with Gasteiger partial charge in [-0.3, -0.25) is 9.59 Å². The molecule has 0 saturated heterocycles. The van der Waals surface area contributed by atoms with E-state index in [9.17, 15) is 9.59 Å². The second-order valence-electron chi connectivity index (χ2n) is 6.03. The highest BCUT2D eigenvalue weighted by Crippen LogP contribution is 2.39. The van der Waals surface area contributed by atoms with Gasteiger partial charge in [-0.15, -0.1) is 11.8 Å². The Labute approximate surface area is 161 Å². The fraction of sp³-hybridized carbons (Fsp3) is 0.368. The summed E-state index contributed by atoms with van der Waals surface area (Å²) >= 11 is 7.64. The molecule has 0 radical (unpaired) electrons. The molecule has 26 heavy (non-hydrogen) atoms. The number of aryl methyl sites for hydroxylation is 1. The molecule has 1 aliphatic rings. The van der Waals surface area contributed by atoms with E-state index in [4.69, 9.17) is 21.1 Å². The second-order valence-corrected chi connectivity index (χ2v) is 7.45. The Bertz CT molecular complexity index is 875. The van der Waals surface area contributed by atoms with E-state index in [-0.39, 0.29) is 17.3 Å². The summed E-state index contributed by atoms with van der Waals surface area (Å²) in [5, 5.41) is 0.523. The SMILES string of the molecule is CCc1c(C(=O)CSc2cc3c(cc2Cl)OCCO3)[nH]c(C)c1C(C)=O. The zero-order chi connectivity index (χ0) is 18.8. The lowest BCUT2D eigenvalue weighted by molar-refractivity contribution is 0.101. The van der Waals surface area contributed by atoms with Crippen LogP contribution >= 0.6 is 23.4 Å². The Balaban J connectivity index is 1.80. The molecular weight excluding hydrogens is 374 g/mol. The van der Waals surface area contributed by atoms with Crippen molar-refractivity contribution in [2.24, 2.45) is 0 Å². The number of nitrogens with one attached hydrogen (secondary N) is 1. The molecule has 0 unspecified atom stereocenters. The molecule has 1 aromatic carbocycles. The van der Waals surface area contributed by atoms with E-state index >= 15 is 0 Å². The number of fused-ring (bicyclic) bond motifs is 1. The van der Waals surface area contributed by atoms with Gasteiger partial charge in [-0.1, -0.05) is 18.5 Å². The van der Waals surface area contributed by atoms with Crippen LogP contribution in [0.25, 0.3) is 0 Å². The minimum absolute atomic E-state index is 0.0304. The maximum Gasteiger partial charge on any atom is 0.189 e. The number of benzene rings is 1. The molecule has 3 rings (SSSR count). The molecule has 1 aliphatic heterocycles. The van der Waals surface area contributed by atoms with E-state index in [1.165, 1.54) is 18.7 Å². The van der Waals surface area contributed by atoms with Gasteiger partial charge in [0.2, 0.25) is 0 Å². The highest BCUT2D eigenvalue weighted by molar-refractivity contribution is 8.00. The fourth-order valence-electron chi connectivity index (χ4n) is 3.12. The van der Waals surface area contributed by atoms with Gasteiger partial charge in [-0.05, 0) is 31.9 Å². The number of halogens is 1. The number of thioether (sulfide) groups is 1. The van der Waals surface area contributed by atoms with E-state index < -0.39 is 0 Å². The first-order chi connectivity index (χ1) is 12.4. The minimum Gasteiger partial charge on any atom is -0.486 e. The molecule has 0 atom stereocenters. The average molecular weight is 394 g/mol. The van der Waals surface area contributed by atoms with Crippen LogP contribution < -0.4 is 9.47 Å². The van der Waals surface area contributed by atoms with Gasteiger partial charge < -0.3 is 14.5 Å². The molecular formula is C19H20ClNO4S. The first kappa shape index (κ1) is 18.9. The van der Waals surface area contributed by atoms with Gasteiger partial charge in [0.25, 0.3) is 0 Å². The summed E-state index contributed by atoms with van der Waals surface area (Å²) in [4.78, 5) is 28.4. The van der Waals surface area contributed by atoms with Gasteiger partial charge in [-0.2, -0.15) is 0 Å². The number of hydrogen-bond donors (Lipinski definition) is 1. The topological polar surface area (TPSA) is 68.4 Å². The van der Waals surface area contributed by atoms with Gasteiger partial charge in [0.1, 0.15) is 13.2 Å². The summed E-state index contributed by atoms with van der Waals surface area (Å²) in [6.45, 7) is 6.27. The van der Waals surface area contributed by atoms with Crippen LogP contribution in [0.3, 0.4) is 0 Å². The van der Waals surface area contributed by atoms with E-state index in [2.05, 4.69) is 4.98 Å². The highest BCUT2D eigenvalue weighted by Gasteiger charge is 2.22. The Kier molecular flexibility index (Phi) is 5.63. The monoisotopic (exact) mass is 393 g/mol. The third kappa shape index (κ3) is 3.62. The number of hydrogen-bond acceptors (Lipinski definition) is 5. The first-order valence-electron chi connectivity index (χ1n) is 8.39. The number of ether oxygens (including phenoxy) is 2. The Morgan fingerprint density at radius 2 is 1.88 bits per heavy atom. The molecule has 1 aromatic heterocycles. The molecule has 0 saturated carbocycles. The Morgan fingerprint density at radius 3 is 2.50 bits per heavy atom. The maximum absolute atomic E-state index is 12.7. The van der Waals surface area contributed by atoms with Crippen molar-refractivity contribution in [3.63, 3.8) is 0 Å². The van der Waals surface area contributed by atoms with Crippen molar-refractivity contribution in [1.29, 1.82) is 0 Å². The fourth-order valence-corrected chi connectivity index (χ4v) is 4.25. The highest BCUT2D eigenvalue weighted by atomic mass is 35.5. The quantitative estimate of drug-likeness (QED) is 0.578. The number of aromatic nitrogens is 1. The van der Waals surface area contributed by atoms with Crippen molar-refractivity contribution in [2.75, 3.05) is 19.0 Å². The molecule has 138 valence electrons. The molecule has 7 heteroatoms. The largest absolute Gasteiger partial charge is 0.486 e. The van der Waals surface area contributed by atoms with Crippen LogP contribution in [0.2, 0.25) is 5.02 Å². The first-order valence-corrected chi connectivity index (χ1v) is 9.76. The summed E-state index contributed by atoms with van der Waals surface area (Å²) in [7, 11) is 0. The zero-order valence-electron chi connectivity index (χ0n) is 14.9. The van der Waals surface area contributed by atoms with Crippen LogP contribution in [0.15, 0.2) is 17.0 Å². The predicted molar refractivity (Wildman–Crippen MR) is 102 cm³/mol. The van der Waals surface area contributed by atoms with Gasteiger partial charge in [0, 0.05) is 22.2 Å². The van der Waals surface area contributed by atoms with Gasteiger partial charge >= 0.3 is 0 Å². The minimum atomic E-state index is -0.0617. The molecule has 0 spiro atoms. The van der Waals surface area contributed by atoms with Crippen molar-refractivity contribution >= 4 is 34.9 Å². The van der Waals surface area contributed by atoms with E-state index in [0.29, 0.717) is 47.4 Å². The van der Waals surface area contributed by atoms with Crippen molar-refractivity contribution in [3.8, 4) is 11.5 Å². The zero-order valence-corrected chi connectivity index (χ0v) is 16.5. The second kappa shape index (κ2) is 7.76. The van der Waals surface area contributed by atoms with Crippen LogP contribution in [-0.2, 0) is 6.42 Å². The molecule has 5 nitrogen and oxygen atoms in total. The number of Topliss-reactive ketones (excluding diaryl/α,β-unsaturated/α-hetero) is 2. The summed E-state index contributed by atoms with van der Waals surface area (Å²) in [6, 6.07) is 3.52. The van der Waals surface area contributed by atoms with Crippen molar-refractivity contribution in [2.45, 2.75) is 32.1 Å². The third-order valence-corrected chi connectivity index (χ3v) is 5.71. The lowest BCUT2D eigenvalue weighted by atomic mass is 10.0. The molecule has 2 aromatic rings. The molecule has 2 heterocycles. The summed E-state index contributed by atoms with van der Waals surface area (Å²) in [6.07, 6.45) is 0.621. The third-order valence-electron chi connectivity index (χ3n) is 4.23. The summed E-state index contributed by atoms with van der Waals surface area (Å²) in [5.74, 6) is 1.38. The average Bonchev–Trinajstić information content (AvgIpc) is 2.96. The predicted octanol–water partition coefficient (Wildman–Crippen LogP) is 4.49. The molecule has 0 aliphatic carbocycles. The van der Waals surface area contributed by atoms with E-state index in [1.807, 2.05) is 13.8 Å². The van der Waals surface area contributed by atoms with Crippen molar-refractivity contribution in [1.82, 2.24) is 4.98 Å². The number of rotatable bonds is 6. The summed E-state index contributed by atoms with van der Waals surface area (Å²) < 4.78 is 11.1. The van der Waals surface area contributed by atoms with Crippen LogP contribution in [-0.4, -0.2) is 35.5 Å². The molecule has 0 bridgehead atoms. The van der Waals surface area contributed by atoms with E-state index in [0.717, 1.165) is 16.2 Å². The Hall–Kier alpha value is -1.92. The van der Waals surface area contributed by atoms with Crippen molar-refractivity contribution in [3.05, 3.63) is 39.7 Å².